The molecule has 0 amide bonds. The van der Waals surface area contributed by atoms with Crippen molar-refractivity contribution in [2.75, 3.05) is 26.5 Å². The van der Waals surface area contributed by atoms with Crippen molar-refractivity contribution in [2.45, 2.75) is 5.37 Å². The van der Waals surface area contributed by atoms with E-state index in [1.165, 1.54) is 5.56 Å². The molecule has 1 aromatic carbocycles. The normalized spacial score (nSPS) is 20.3. The van der Waals surface area contributed by atoms with E-state index in [1.54, 1.807) is 14.2 Å². The van der Waals surface area contributed by atoms with Crippen LogP contribution >= 0.6 is 11.8 Å². The molecule has 0 unspecified atom stereocenters. The largest absolute Gasteiger partial charge is 0.497 e. The van der Waals surface area contributed by atoms with Crippen LogP contribution in [0.3, 0.4) is 0 Å². The number of rotatable bonds is 3. The molecule has 1 fully saturated rings. The second-order valence-corrected chi connectivity index (χ2v) is 4.56. The highest BCUT2D eigenvalue weighted by Gasteiger charge is 2.18. The van der Waals surface area contributed by atoms with Crippen LogP contribution in [0.2, 0.25) is 0 Å². The molecule has 0 bridgehead atoms. The molecule has 82 valence electrons. The Labute approximate surface area is 94.2 Å². The van der Waals surface area contributed by atoms with Gasteiger partial charge in [0.1, 0.15) is 11.5 Å². The van der Waals surface area contributed by atoms with Crippen LogP contribution in [-0.4, -0.2) is 26.5 Å². The maximum atomic E-state index is 5.24. The van der Waals surface area contributed by atoms with Crippen molar-refractivity contribution in [1.29, 1.82) is 0 Å². The minimum atomic E-state index is 0.369. The summed E-state index contributed by atoms with van der Waals surface area (Å²) in [6, 6.07) is 6.00. The lowest BCUT2D eigenvalue weighted by atomic mass is 10.2. The second kappa shape index (κ2) is 4.77. The predicted octanol–water partition coefficient (Wildman–Crippen LogP) is 2.04. The van der Waals surface area contributed by atoms with Gasteiger partial charge in [-0.1, -0.05) is 0 Å². The summed E-state index contributed by atoms with van der Waals surface area (Å²) in [6.07, 6.45) is 0. The first-order valence-corrected chi connectivity index (χ1v) is 5.96. The van der Waals surface area contributed by atoms with Crippen LogP contribution in [0.4, 0.5) is 0 Å². The third kappa shape index (κ3) is 2.38. The van der Waals surface area contributed by atoms with Gasteiger partial charge in [-0.2, -0.15) is 0 Å². The Kier molecular flexibility index (Phi) is 3.38. The maximum absolute atomic E-state index is 5.24. The fourth-order valence-corrected chi connectivity index (χ4v) is 2.66. The van der Waals surface area contributed by atoms with Crippen LogP contribution in [-0.2, 0) is 0 Å². The molecule has 3 nitrogen and oxygen atoms in total. The number of ether oxygens (including phenoxy) is 2. The van der Waals surface area contributed by atoms with E-state index < -0.39 is 0 Å². The van der Waals surface area contributed by atoms with Crippen molar-refractivity contribution in [3.8, 4) is 11.5 Å². The average Bonchev–Trinajstić information content (AvgIpc) is 2.81. The molecule has 1 aliphatic rings. The first-order valence-electron chi connectivity index (χ1n) is 4.91. The number of thioether (sulfide) groups is 1. The average molecular weight is 225 g/mol. The molecular formula is C11H15NO2S. The fourth-order valence-electron chi connectivity index (χ4n) is 1.62. The topological polar surface area (TPSA) is 30.5 Å². The summed E-state index contributed by atoms with van der Waals surface area (Å²) in [4.78, 5) is 0. The van der Waals surface area contributed by atoms with Gasteiger partial charge in [0.25, 0.3) is 0 Å². The SMILES string of the molecule is COc1cc(OC)cc([C@@H]2NCCS2)c1. The number of nitrogens with one attached hydrogen (secondary N) is 1. The molecule has 15 heavy (non-hydrogen) atoms. The van der Waals surface area contributed by atoms with Crippen molar-refractivity contribution in [2.24, 2.45) is 0 Å². The first-order chi connectivity index (χ1) is 7.33. The van der Waals surface area contributed by atoms with Gasteiger partial charge in [-0.25, -0.2) is 0 Å². The van der Waals surface area contributed by atoms with Crippen LogP contribution in [0.15, 0.2) is 18.2 Å². The highest BCUT2D eigenvalue weighted by atomic mass is 32.2. The molecule has 1 saturated heterocycles. The van der Waals surface area contributed by atoms with Crippen molar-refractivity contribution < 1.29 is 9.47 Å². The van der Waals surface area contributed by atoms with E-state index in [9.17, 15) is 0 Å². The van der Waals surface area contributed by atoms with E-state index in [-0.39, 0.29) is 0 Å². The molecular weight excluding hydrogens is 210 g/mol. The standard InChI is InChI=1S/C11H15NO2S/c1-13-9-5-8(6-10(7-9)14-2)11-12-3-4-15-11/h5-7,11-12H,3-4H2,1-2H3/t11-/m1/s1. The van der Waals surface area contributed by atoms with Crippen LogP contribution < -0.4 is 14.8 Å². The number of hydrogen-bond donors (Lipinski definition) is 1. The molecule has 4 heteroatoms. The van der Waals surface area contributed by atoms with Gasteiger partial charge in [0.2, 0.25) is 0 Å². The van der Waals surface area contributed by atoms with Gasteiger partial charge < -0.3 is 14.8 Å². The molecule has 0 aromatic heterocycles. The Morgan fingerprint density at radius 3 is 2.33 bits per heavy atom. The molecule has 1 N–H and O–H groups in total. The van der Waals surface area contributed by atoms with Gasteiger partial charge in [0.15, 0.2) is 0 Å². The zero-order valence-electron chi connectivity index (χ0n) is 8.95. The summed E-state index contributed by atoms with van der Waals surface area (Å²) in [6.45, 7) is 1.06. The van der Waals surface area contributed by atoms with Crippen LogP contribution in [0.1, 0.15) is 10.9 Å². The van der Waals surface area contributed by atoms with Gasteiger partial charge in [-0.15, -0.1) is 11.8 Å². The van der Waals surface area contributed by atoms with Crippen LogP contribution in [0.25, 0.3) is 0 Å². The van der Waals surface area contributed by atoms with E-state index in [0.29, 0.717) is 5.37 Å². The third-order valence-corrected chi connectivity index (χ3v) is 3.60. The second-order valence-electron chi connectivity index (χ2n) is 3.35. The monoisotopic (exact) mass is 225 g/mol. The Balaban J connectivity index is 2.28. The Morgan fingerprint density at radius 2 is 1.87 bits per heavy atom. The Hall–Kier alpha value is -0.870. The summed E-state index contributed by atoms with van der Waals surface area (Å²) in [5, 5.41) is 3.80. The molecule has 1 heterocycles. The maximum Gasteiger partial charge on any atom is 0.122 e. The Morgan fingerprint density at radius 1 is 1.20 bits per heavy atom. The van der Waals surface area contributed by atoms with Crippen molar-refractivity contribution in [1.82, 2.24) is 5.32 Å². The zero-order chi connectivity index (χ0) is 10.7. The van der Waals surface area contributed by atoms with Crippen molar-refractivity contribution in [3.05, 3.63) is 23.8 Å². The van der Waals surface area contributed by atoms with Gasteiger partial charge in [-0.05, 0) is 17.7 Å². The Bertz CT molecular complexity index is 315. The zero-order valence-corrected chi connectivity index (χ0v) is 9.76. The van der Waals surface area contributed by atoms with Gasteiger partial charge in [-0.3, -0.25) is 0 Å². The van der Waals surface area contributed by atoms with E-state index in [4.69, 9.17) is 9.47 Å². The van der Waals surface area contributed by atoms with Crippen LogP contribution in [0, 0.1) is 0 Å². The molecule has 0 saturated carbocycles. The summed E-state index contributed by atoms with van der Waals surface area (Å²) >= 11 is 1.91. The summed E-state index contributed by atoms with van der Waals surface area (Å²) in [5.41, 5.74) is 1.22. The van der Waals surface area contributed by atoms with Gasteiger partial charge in [0, 0.05) is 18.4 Å². The summed E-state index contributed by atoms with van der Waals surface area (Å²) < 4.78 is 10.5. The lowest BCUT2D eigenvalue weighted by molar-refractivity contribution is 0.393. The van der Waals surface area contributed by atoms with Gasteiger partial charge >= 0.3 is 0 Å². The third-order valence-electron chi connectivity index (χ3n) is 2.39. The molecule has 1 aliphatic heterocycles. The molecule has 1 aromatic rings. The summed E-state index contributed by atoms with van der Waals surface area (Å²) in [5.74, 6) is 2.85. The molecule has 0 spiro atoms. The van der Waals surface area contributed by atoms with E-state index in [2.05, 4.69) is 17.4 Å². The van der Waals surface area contributed by atoms with Crippen molar-refractivity contribution >= 4 is 11.8 Å². The van der Waals surface area contributed by atoms with E-state index in [1.807, 2.05) is 17.8 Å². The minimum absolute atomic E-state index is 0.369. The molecule has 0 radical (unpaired) electrons. The lowest BCUT2D eigenvalue weighted by Crippen LogP contribution is -2.12. The quantitative estimate of drug-likeness (QED) is 0.852. The van der Waals surface area contributed by atoms with Crippen molar-refractivity contribution in [3.63, 3.8) is 0 Å². The molecule has 0 aliphatic carbocycles. The van der Waals surface area contributed by atoms with Gasteiger partial charge in [0.05, 0.1) is 19.6 Å². The van der Waals surface area contributed by atoms with E-state index in [0.717, 1.165) is 23.8 Å². The predicted molar refractivity (Wildman–Crippen MR) is 62.7 cm³/mol. The fraction of sp³-hybridized carbons (Fsp3) is 0.455. The highest BCUT2D eigenvalue weighted by molar-refractivity contribution is 7.99. The molecule has 1 atom stereocenters. The first kappa shape index (κ1) is 10.6. The van der Waals surface area contributed by atoms with Crippen LogP contribution in [0.5, 0.6) is 11.5 Å². The highest BCUT2D eigenvalue weighted by Crippen LogP contribution is 2.34. The smallest absolute Gasteiger partial charge is 0.122 e. The number of methoxy groups -OCH3 is 2. The summed E-state index contributed by atoms with van der Waals surface area (Å²) in [7, 11) is 3.35. The molecule has 2 rings (SSSR count). The lowest BCUT2D eigenvalue weighted by Gasteiger charge is -2.13. The minimum Gasteiger partial charge on any atom is -0.497 e. The number of hydrogen-bond acceptors (Lipinski definition) is 4. The number of benzene rings is 1. The van der Waals surface area contributed by atoms with E-state index >= 15 is 0 Å².